The number of nitro benzene ring substituents is 1. The van der Waals surface area contributed by atoms with Gasteiger partial charge >= 0.3 is 4.87 Å². The third-order valence-electron chi connectivity index (χ3n) is 5.22. The first-order chi connectivity index (χ1) is 16.4. The number of benzene rings is 2. The molecule has 0 bridgehead atoms. The Bertz CT molecular complexity index is 1430. The van der Waals surface area contributed by atoms with Crippen LogP contribution in [0.4, 0.5) is 17.1 Å². The Hall–Kier alpha value is -3.45. The van der Waals surface area contributed by atoms with Crippen molar-refractivity contribution in [2.45, 2.75) is 32.7 Å². The summed E-state index contributed by atoms with van der Waals surface area (Å²) in [6.45, 7) is 3.76. The number of non-ortho nitro benzene ring substituents is 1. The number of aromatic nitrogens is 1. The number of rotatable bonds is 10. The van der Waals surface area contributed by atoms with Gasteiger partial charge in [0.25, 0.3) is 5.69 Å². The van der Waals surface area contributed by atoms with Crippen molar-refractivity contribution < 1.29 is 22.9 Å². The number of nitrogens with zero attached hydrogens (tertiary/aromatic N) is 3. The summed E-state index contributed by atoms with van der Waals surface area (Å²) < 4.78 is 33.5. The number of ether oxygens (including phenoxy) is 1. The molecule has 0 saturated heterocycles. The molecule has 1 amide bonds. The van der Waals surface area contributed by atoms with Crippen molar-refractivity contribution >= 4 is 54.5 Å². The lowest BCUT2D eigenvalue weighted by atomic mass is 10.2. The number of methoxy groups -OCH3 is 1. The van der Waals surface area contributed by atoms with Crippen LogP contribution in [0.25, 0.3) is 10.2 Å². The topological polar surface area (TPSA) is 141 Å². The quantitative estimate of drug-likeness (QED) is 0.316. The Balaban J connectivity index is 1.72. The van der Waals surface area contributed by atoms with Crippen molar-refractivity contribution in [2.75, 3.05) is 29.5 Å². The van der Waals surface area contributed by atoms with Crippen molar-refractivity contribution in [3.05, 3.63) is 56.2 Å². The molecule has 188 valence electrons. The molecule has 1 N–H and O–H groups in total. The highest BCUT2D eigenvalue weighted by atomic mass is 32.2. The van der Waals surface area contributed by atoms with Gasteiger partial charge in [-0.3, -0.25) is 28.6 Å². The van der Waals surface area contributed by atoms with E-state index in [-0.39, 0.29) is 53.3 Å². The van der Waals surface area contributed by atoms with Gasteiger partial charge in [0.05, 0.1) is 28.5 Å². The highest BCUT2D eigenvalue weighted by molar-refractivity contribution is 7.92. The SMILES string of the molecule is COc1ccc([N+](=O)[O-])cc1N(CCCC(=O)Nc1ccc2c(c1)sc(=O)n2C(C)C)S(C)(=O)=O. The fourth-order valence-corrected chi connectivity index (χ4v) is 5.67. The number of hydrogen-bond donors (Lipinski definition) is 1. The van der Waals surface area contributed by atoms with Crippen molar-refractivity contribution in [3.63, 3.8) is 0 Å². The van der Waals surface area contributed by atoms with Crippen molar-refractivity contribution in [1.82, 2.24) is 4.57 Å². The van der Waals surface area contributed by atoms with Crippen molar-refractivity contribution in [1.29, 1.82) is 0 Å². The van der Waals surface area contributed by atoms with E-state index in [2.05, 4.69) is 5.32 Å². The van der Waals surface area contributed by atoms with Crippen molar-refractivity contribution in [2.24, 2.45) is 0 Å². The largest absolute Gasteiger partial charge is 0.495 e. The summed E-state index contributed by atoms with van der Waals surface area (Å²) in [5, 5.41) is 13.9. The van der Waals surface area contributed by atoms with Gasteiger partial charge in [-0.2, -0.15) is 0 Å². The predicted molar refractivity (Wildman–Crippen MR) is 136 cm³/mol. The van der Waals surface area contributed by atoms with E-state index >= 15 is 0 Å². The van der Waals surface area contributed by atoms with Crippen LogP contribution in [0.1, 0.15) is 32.7 Å². The smallest absolute Gasteiger partial charge is 0.308 e. The predicted octanol–water partition coefficient (Wildman–Crippen LogP) is 3.75. The second kappa shape index (κ2) is 10.4. The number of hydrogen-bond acceptors (Lipinski definition) is 8. The highest BCUT2D eigenvalue weighted by Crippen LogP contribution is 2.34. The van der Waals surface area contributed by atoms with Gasteiger partial charge in [-0.1, -0.05) is 11.3 Å². The number of amides is 1. The molecule has 0 fully saturated rings. The number of sulfonamides is 1. The van der Waals surface area contributed by atoms with E-state index in [9.17, 15) is 28.1 Å². The summed E-state index contributed by atoms with van der Waals surface area (Å²) in [7, 11) is -2.48. The van der Waals surface area contributed by atoms with Gasteiger partial charge in [0.2, 0.25) is 15.9 Å². The molecular weight excluding hydrogens is 496 g/mol. The zero-order chi connectivity index (χ0) is 25.9. The number of anilines is 2. The Morgan fingerprint density at radius 2 is 1.97 bits per heavy atom. The molecule has 11 nitrogen and oxygen atoms in total. The maximum atomic E-state index is 12.5. The Labute approximate surface area is 206 Å². The van der Waals surface area contributed by atoms with E-state index in [0.717, 1.165) is 38.2 Å². The number of fused-ring (bicyclic) bond motifs is 1. The van der Waals surface area contributed by atoms with E-state index in [0.29, 0.717) is 5.69 Å². The van der Waals surface area contributed by atoms with Gasteiger partial charge < -0.3 is 10.1 Å². The molecule has 35 heavy (non-hydrogen) atoms. The summed E-state index contributed by atoms with van der Waals surface area (Å²) in [4.78, 5) is 35.2. The van der Waals surface area contributed by atoms with Crippen LogP contribution >= 0.6 is 11.3 Å². The number of carbonyl (C=O) groups excluding carboxylic acids is 1. The lowest BCUT2D eigenvalue weighted by Crippen LogP contribution is -2.32. The average Bonchev–Trinajstić information content (AvgIpc) is 3.10. The molecule has 3 rings (SSSR count). The molecule has 0 aliphatic carbocycles. The fourth-order valence-electron chi connectivity index (χ4n) is 3.66. The maximum Gasteiger partial charge on any atom is 0.308 e. The fraction of sp³-hybridized carbons (Fsp3) is 0.364. The van der Waals surface area contributed by atoms with Crippen LogP contribution in [-0.2, 0) is 14.8 Å². The number of nitro groups is 1. The molecule has 13 heteroatoms. The summed E-state index contributed by atoms with van der Waals surface area (Å²) >= 11 is 1.10. The van der Waals surface area contributed by atoms with Gasteiger partial charge in [0.15, 0.2) is 0 Å². The first-order valence-electron chi connectivity index (χ1n) is 10.7. The lowest BCUT2D eigenvalue weighted by Gasteiger charge is -2.24. The molecule has 0 atom stereocenters. The second-order valence-electron chi connectivity index (χ2n) is 8.11. The molecule has 0 aliphatic heterocycles. The van der Waals surface area contributed by atoms with Gasteiger partial charge in [-0.25, -0.2) is 8.42 Å². The summed E-state index contributed by atoms with van der Waals surface area (Å²) in [6.07, 6.45) is 1.14. The molecule has 3 aromatic rings. The summed E-state index contributed by atoms with van der Waals surface area (Å²) in [5.41, 5.74) is 1.07. The second-order valence-corrected chi connectivity index (χ2v) is 11.0. The molecule has 0 saturated carbocycles. The van der Waals surface area contributed by atoms with Crippen LogP contribution in [0.2, 0.25) is 0 Å². The third kappa shape index (κ3) is 5.98. The van der Waals surface area contributed by atoms with Gasteiger partial charge in [0.1, 0.15) is 11.4 Å². The number of thiazole rings is 1. The standard InChI is InChI=1S/C22H26N4O7S2/c1-14(2)25-17-9-7-15(12-20(17)34-22(25)28)23-21(27)6-5-11-24(35(4,31)32)18-13-16(26(29)30)8-10-19(18)33-3/h7-10,12-14H,5-6,11H2,1-4H3,(H,23,27). The van der Waals surface area contributed by atoms with Gasteiger partial charge in [-0.15, -0.1) is 0 Å². The van der Waals surface area contributed by atoms with Crippen LogP contribution in [-0.4, -0.2) is 43.7 Å². The lowest BCUT2D eigenvalue weighted by molar-refractivity contribution is -0.384. The molecule has 0 spiro atoms. The van der Waals surface area contributed by atoms with E-state index in [1.54, 1.807) is 22.8 Å². The highest BCUT2D eigenvalue weighted by Gasteiger charge is 2.24. The number of nitrogens with one attached hydrogen (secondary N) is 1. The van der Waals surface area contributed by atoms with E-state index < -0.39 is 14.9 Å². The van der Waals surface area contributed by atoms with Crippen LogP contribution in [0.3, 0.4) is 0 Å². The molecule has 1 aromatic heterocycles. The molecule has 1 heterocycles. The van der Waals surface area contributed by atoms with E-state index in [4.69, 9.17) is 4.74 Å². The Morgan fingerprint density at radius 1 is 1.26 bits per heavy atom. The minimum absolute atomic E-state index is 0.00450. The maximum absolute atomic E-state index is 12.5. The van der Waals surface area contributed by atoms with E-state index in [1.165, 1.54) is 19.2 Å². The van der Waals surface area contributed by atoms with Crippen LogP contribution in [0, 0.1) is 10.1 Å². The molecule has 2 aromatic carbocycles. The normalized spacial score (nSPS) is 11.6. The zero-order valence-corrected chi connectivity index (χ0v) is 21.3. The Kier molecular flexibility index (Phi) is 7.80. The minimum atomic E-state index is -3.81. The summed E-state index contributed by atoms with van der Waals surface area (Å²) in [5.74, 6) is -0.175. The first-order valence-corrected chi connectivity index (χ1v) is 13.3. The Morgan fingerprint density at radius 3 is 2.57 bits per heavy atom. The average molecular weight is 523 g/mol. The summed E-state index contributed by atoms with van der Waals surface area (Å²) in [6, 6.07) is 8.91. The third-order valence-corrected chi connectivity index (χ3v) is 7.32. The van der Waals surface area contributed by atoms with Crippen molar-refractivity contribution in [3.8, 4) is 5.75 Å². The molecular formula is C22H26N4O7S2. The monoisotopic (exact) mass is 522 g/mol. The number of carbonyl (C=O) groups is 1. The van der Waals surface area contributed by atoms with Gasteiger partial charge in [0, 0.05) is 36.8 Å². The van der Waals surface area contributed by atoms with Crippen LogP contribution in [0.5, 0.6) is 5.75 Å². The van der Waals surface area contributed by atoms with Gasteiger partial charge in [-0.05, 0) is 44.5 Å². The zero-order valence-electron chi connectivity index (χ0n) is 19.7. The first kappa shape index (κ1) is 26.2. The minimum Gasteiger partial charge on any atom is -0.495 e. The van der Waals surface area contributed by atoms with Crippen LogP contribution in [0.15, 0.2) is 41.2 Å². The molecule has 0 radical (unpaired) electrons. The van der Waals surface area contributed by atoms with E-state index in [1.807, 2.05) is 13.8 Å². The molecule has 0 aliphatic rings. The molecule has 0 unspecified atom stereocenters. The van der Waals surface area contributed by atoms with Crippen LogP contribution < -0.4 is 19.2 Å².